The van der Waals surface area contributed by atoms with E-state index in [-0.39, 0.29) is 12.5 Å². The van der Waals surface area contributed by atoms with Gasteiger partial charge in [-0.1, -0.05) is 18.5 Å². The third kappa shape index (κ3) is 3.64. The number of benzene rings is 1. The number of carbonyl (C=O) groups is 1. The standard InChI is InChI=1S/C15H17ClN2O2/c1-11-4-6-18(7-5-11)15(19)10-20-14-3-2-12(9-17)8-13(14)16/h2-3,8,11H,4-7,10H2,1H3. The first-order chi connectivity index (χ1) is 9.60. The molecule has 20 heavy (non-hydrogen) atoms. The quantitative estimate of drug-likeness (QED) is 0.861. The summed E-state index contributed by atoms with van der Waals surface area (Å²) >= 11 is 6.00. The van der Waals surface area contributed by atoms with Gasteiger partial charge in [-0.25, -0.2) is 0 Å². The molecule has 0 unspecified atom stereocenters. The highest BCUT2D eigenvalue weighted by Crippen LogP contribution is 2.25. The van der Waals surface area contributed by atoms with Crippen LogP contribution in [0.4, 0.5) is 0 Å². The van der Waals surface area contributed by atoms with Gasteiger partial charge in [0.1, 0.15) is 5.75 Å². The molecule has 0 radical (unpaired) electrons. The van der Waals surface area contributed by atoms with Crippen molar-refractivity contribution < 1.29 is 9.53 Å². The summed E-state index contributed by atoms with van der Waals surface area (Å²) in [4.78, 5) is 13.8. The van der Waals surface area contributed by atoms with E-state index in [2.05, 4.69) is 6.92 Å². The van der Waals surface area contributed by atoms with E-state index in [0.29, 0.717) is 22.3 Å². The van der Waals surface area contributed by atoms with Gasteiger partial charge in [-0.2, -0.15) is 5.26 Å². The topological polar surface area (TPSA) is 53.3 Å². The van der Waals surface area contributed by atoms with E-state index in [1.165, 1.54) is 6.07 Å². The highest BCUT2D eigenvalue weighted by molar-refractivity contribution is 6.32. The number of nitriles is 1. The lowest BCUT2D eigenvalue weighted by Crippen LogP contribution is -2.40. The zero-order valence-corrected chi connectivity index (χ0v) is 12.2. The second-order valence-corrected chi connectivity index (χ2v) is 5.52. The number of carbonyl (C=O) groups excluding carboxylic acids is 1. The van der Waals surface area contributed by atoms with Crippen molar-refractivity contribution in [3.63, 3.8) is 0 Å². The second-order valence-electron chi connectivity index (χ2n) is 5.11. The van der Waals surface area contributed by atoms with Crippen LogP contribution in [0.2, 0.25) is 5.02 Å². The fraction of sp³-hybridized carbons (Fsp3) is 0.467. The Balaban J connectivity index is 1.89. The van der Waals surface area contributed by atoms with Crippen LogP contribution in [0.5, 0.6) is 5.75 Å². The Hall–Kier alpha value is -1.73. The van der Waals surface area contributed by atoms with Crippen molar-refractivity contribution in [2.24, 2.45) is 5.92 Å². The molecular weight excluding hydrogens is 276 g/mol. The molecule has 1 aromatic carbocycles. The van der Waals surface area contributed by atoms with Crippen molar-refractivity contribution in [3.8, 4) is 11.8 Å². The first-order valence-corrected chi connectivity index (χ1v) is 7.08. The third-order valence-electron chi connectivity index (χ3n) is 3.55. The minimum atomic E-state index is -0.0164. The van der Waals surface area contributed by atoms with E-state index in [1.807, 2.05) is 11.0 Å². The fourth-order valence-corrected chi connectivity index (χ4v) is 2.41. The number of ether oxygens (including phenoxy) is 1. The highest BCUT2D eigenvalue weighted by Gasteiger charge is 2.20. The van der Waals surface area contributed by atoms with Gasteiger partial charge < -0.3 is 9.64 Å². The summed E-state index contributed by atoms with van der Waals surface area (Å²) in [7, 11) is 0. The van der Waals surface area contributed by atoms with Crippen LogP contribution in [0.1, 0.15) is 25.3 Å². The molecule has 106 valence electrons. The molecule has 1 aliphatic rings. The molecule has 1 fully saturated rings. The van der Waals surface area contributed by atoms with Crippen molar-refractivity contribution in [2.75, 3.05) is 19.7 Å². The summed E-state index contributed by atoms with van der Waals surface area (Å²) in [5.74, 6) is 1.11. The van der Waals surface area contributed by atoms with Crippen molar-refractivity contribution in [2.45, 2.75) is 19.8 Å². The van der Waals surface area contributed by atoms with Crippen LogP contribution in [-0.4, -0.2) is 30.5 Å². The Bertz CT molecular complexity index is 531. The zero-order valence-electron chi connectivity index (χ0n) is 11.4. The van der Waals surface area contributed by atoms with Gasteiger partial charge in [0, 0.05) is 13.1 Å². The lowest BCUT2D eigenvalue weighted by Gasteiger charge is -2.30. The molecule has 0 bridgehead atoms. The highest BCUT2D eigenvalue weighted by atomic mass is 35.5. The molecule has 4 nitrogen and oxygen atoms in total. The van der Waals surface area contributed by atoms with Crippen molar-refractivity contribution in [1.82, 2.24) is 4.90 Å². The molecule has 0 spiro atoms. The Labute approximate surface area is 123 Å². The molecular formula is C15H17ClN2O2. The number of nitrogens with zero attached hydrogens (tertiary/aromatic N) is 2. The summed E-state index contributed by atoms with van der Waals surface area (Å²) in [6.45, 7) is 3.78. The van der Waals surface area contributed by atoms with Crippen LogP contribution < -0.4 is 4.74 Å². The Morgan fingerprint density at radius 3 is 2.80 bits per heavy atom. The molecule has 1 aromatic rings. The van der Waals surface area contributed by atoms with Crippen LogP contribution in [0.15, 0.2) is 18.2 Å². The molecule has 5 heteroatoms. The molecule has 0 aromatic heterocycles. The number of likely N-dealkylation sites (tertiary alicyclic amines) is 1. The molecule has 0 aliphatic carbocycles. The maximum Gasteiger partial charge on any atom is 0.260 e. The molecule has 0 N–H and O–H groups in total. The molecule has 1 amide bonds. The predicted molar refractivity (Wildman–Crippen MR) is 76.6 cm³/mol. The normalized spacial score (nSPS) is 15.8. The Morgan fingerprint density at radius 2 is 2.20 bits per heavy atom. The largest absolute Gasteiger partial charge is 0.482 e. The maximum absolute atomic E-state index is 12.0. The zero-order chi connectivity index (χ0) is 14.5. The number of hydrogen-bond donors (Lipinski definition) is 0. The van der Waals surface area contributed by atoms with Gasteiger partial charge >= 0.3 is 0 Å². The van der Waals surface area contributed by atoms with E-state index >= 15 is 0 Å². The molecule has 1 heterocycles. The summed E-state index contributed by atoms with van der Waals surface area (Å²) < 4.78 is 5.45. The van der Waals surface area contributed by atoms with Crippen molar-refractivity contribution >= 4 is 17.5 Å². The number of rotatable bonds is 3. The summed E-state index contributed by atoms with van der Waals surface area (Å²) in [6, 6.07) is 6.77. The van der Waals surface area contributed by atoms with Gasteiger partial charge in [-0.05, 0) is 37.0 Å². The molecule has 2 rings (SSSR count). The molecule has 0 saturated carbocycles. The summed E-state index contributed by atoms with van der Waals surface area (Å²) in [5.41, 5.74) is 0.471. The lowest BCUT2D eigenvalue weighted by atomic mass is 9.99. The average Bonchev–Trinajstić information content (AvgIpc) is 2.46. The van der Waals surface area contributed by atoms with Crippen molar-refractivity contribution in [1.29, 1.82) is 5.26 Å². The van der Waals surface area contributed by atoms with Crippen LogP contribution in [0, 0.1) is 17.2 Å². The third-order valence-corrected chi connectivity index (χ3v) is 3.84. The van der Waals surface area contributed by atoms with Gasteiger partial charge in [0.2, 0.25) is 0 Å². The molecule has 0 atom stereocenters. The van der Waals surface area contributed by atoms with E-state index in [9.17, 15) is 4.79 Å². The molecule has 1 saturated heterocycles. The lowest BCUT2D eigenvalue weighted by molar-refractivity contribution is -0.134. The van der Waals surface area contributed by atoms with Gasteiger partial charge in [0.15, 0.2) is 6.61 Å². The van der Waals surface area contributed by atoms with E-state index in [4.69, 9.17) is 21.6 Å². The number of halogens is 1. The minimum absolute atomic E-state index is 0.0139. The average molecular weight is 293 g/mol. The smallest absolute Gasteiger partial charge is 0.260 e. The van der Waals surface area contributed by atoms with Gasteiger partial charge in [0.25, 0.3) is 5.91 Å². The van der Waals surface area contributed by atoms with Crippen LogP contribution in [0.25, 0.3) is 0 Å². The number of amides is 1. The SMILES string of the molecule is CC1CCN(C(=O)COc2ccc(C#N)cc2Cl)CC1. The van der Waals surface area contributed by atoms with Crippen LogP contribution in [0.3, 0.4) is 0 Å². The van der Waals surface area contributed by atoms with Crippen molar-refractivity contribution in [3.05, 3.63) is 28.8 Å². The number of piperidine rings is 1. The summed E-state index contributed by atoms with van der Waals surface area (Å²) in [5, 5.41) is 9.10. The Morgan fingerprint density at radius 1 is 1.50 bits per heavy atom. The van der Waals surface area contributed by atoms with Crippen LogP contribution >= 0.6 is 11.6 Å². The minimum Gasteiger partial charge on any atom is -0.482 e. The van der Waals surface area contributed by atoms with Gasteiger partial charge in [-0.15, -0.1) is 0 Å². The van der Waals surface area contributed by atoms with E-state index in [1.54, 1.807) is 12.1 Å². The van der Waals surface area contributed by atoms with E-state index < -0.39 is 0 Å². The number of hydrogen-bond acceptors (Lipinski definition) is 3. The first kappa shape index (κ1) is 14.7. The van der Waals surface area contributed by atoms with Gasteiger partial charge in [0.05, 0.1) is 16.7 Å². The maximum atomic E-state index is 12.0. The summed E-state index contributed by atoms with van der Waals surface area (Å²) in [6.07, 6.45) is 2.09. The fourth-order valence-electron chi connectivity index (χ4n) is 2.18. The predicted octanol–water partition coefficient (Wildman–Crippen LogP) is 2.85. The Kier molecular flexibility index (Phi) is 4.86. The van der Waals surface area contributed by atoms with Gasteiger partial charge in [-0.3, -0.25) is 4.79 Å². The first-order valence-electron chi connectivity index (χ1n) is 6.70. The second kappa shape index (κ2) is 6.62. The monoisotopic (exact) mass is 292 g/mol. The van der Waals surface area contributed by atoms with Crippen LogP contribution in [-0.2, 0) is 4.79 Å². The van der Waals surface area contributed by atoms with E-state index in [0.717, 1.165) is 25.9 Å². The molecule has 1 aliphatic heterocycles.